The van der Waals surface area contributed by atoms with Gasteiger partial charge in [0.25, 0.3) is 17.5 Å². The van der Waals surface area contributed by atoms with Gasteiger partial charge < -0.3 is 20.1 Å². The van der Waals surface area contributed by atoms with Crippen molar-refractivity contribution in [3.05, 3.63) is 57.6 Å². The maximum absolute atomic E-state index is 12.7. The predicted molar refractivity (Wildman–Crippen MR) is 97.6 cm³/mol. The van der Waals surface area contributed by atoms with E-state index in [1.165, 1.54) is 18.2 Å². The summed E-state index contributed by atoms with van der Waals surface area (Å²) < 4.78 is 48.1. The predicted octanol–water partition coefficient (Wildman–Crippen LogP) is 2.74. The molecule has 0 atom stereocenters. The van der Waals surface area contributed by atoms with E-state index in [-0.39, 0.29) is 29.9 Å². The van der Waals surface area contributed by atoms with Gasteiger partial charge in [0.1, 0.15) is 11.4 Å². The number of carbonyl (C=O) groups excluding carboxylic acids is 3. The van der Waals surface area contributed by atoms with E-state index in [1.807, 2.05) is 5.32 Å². The fraction of sp³-hybridized carbons (Fsp3) is 0.167. The first-order valence-electron chi connectivity index (χ1n) is 8.44. The number of carbonyl (C=O) groups is 3. The SMILES string of the molecule is O=C1COc2cc(C(=O)OCC(=O)Nc3ccc(C(F)(F)F)cc3[N+](=O)[O-])ccc2N1. The highest BCUT2D eigenvalue weighted by Crippen LogP contribution is 2.35. The Hall–Kier alpha value is -4.16. The Kier molecular flexibility index (Phi) is 5.77. The number of rotatable bonds is 5. The van der Waals surface area contributed by atoms with E-state index in [1.54, 1.807) is 0 Å². The van der Waals surface area contributed by atoms with Crippen molar-refractivity contribution in [2.24, 2.45) is 0 Å². The third-order valence-electron chi connectivity index (χ3n) is 3.98. The van der Waals surface area contributed by atoms with Gasteiger partial charge in [-0.3, -0.25) is 19.7 Å². The monoisotopic (exact) mass is 439 g/mol. The molecule has 0 radical (unpaired) electrons. The molecule has 0 saturated heterocycles. The first-order chi connectivity index (χ1) is 14.5. The maximum Gasteiger partial charge on any atom is 0.416 e. The molecule has 0 bridgehead atoms. The van der Waals surface area contributed by atoms with Gasteiger partial charge in [0.2, 0.25) is 0 Å². The standard InChI is InChI=1S/C18H12F3N3O7/c19-18(20,21)10-2-4-11(13(6-10)24(28)29)22-16(26)8-31-17(27)9-1-3-12-14(5-9)30-7-15(25)23-12/h1-6H,7-8H2,(H,22,26)(H,23,25). The van der Waals surface area contributed by atoms with Crippen LogP contribution in [-0.4, -0.2) is 35.9 Å². The Morgan fingerprint density at radius 3 is 2.65 bits per heavy atom. The van der Waals surface area contributed by atoms with E-state index in [0.29, 0.717) is 11.8 Å². The highest BCUT2D eigenvalue weighted by atomic mass is 19.4. The molecule has 2 aromatic rings. The number of nitrogens with one attached hydrogen (secondary N) is 2. The molecule has 10 nitrogen and oxygen atoms in total. The Morgan fingerprint density at radius 1 is 1.23 bits per heavy atom. The molecule has 0 saturated carbocycles. The number of anilines is 2. The number of halogens is 3. The zero-order valence-electron chi connectivity index (χ0n) is 15.3. The van der Waals surface area contributed by atoms with Gasteiger partial charge in [-0.1, -0.05) is 0 Å². The van der Waals surface area contributed by atoms with Crippen molar-refractivity contribution in [1.29, 1.82) is 0 Å². The number of benzene rings is 2. The summed E-state index contributed by atoms with van der Waals surface area (Å²) in [6.07, 6.45) is -4.80. The van der Waals surface area contributed by atoms with E-state index in [4.69, 9.17) is 9.47 Å². The fourth-order valence-corrected chi connectivity index (χ4v) is 2.57. The molecule has 2 aromatic carbocycles. The lowest BCUT2D eigenvalue weighted by molar-refractivity contribution is -0.384. The molecule has 2 N–H and O–H groups in total. The zero-order chi connectivity index (χ0) is 22.8. The second-order valence-corrected chi connectivity index (χ2v) is 6.16. The van der Waals surface area contributed by atoms with Crippen molar-refractivity contribution >= 4 is 34.8 Å². The quantitative estimate of drug-likeness (QED) is 0.415. The van der Waals surface area contributed by atoms with E-state index in [9.17, 15) is 37.7 Å². The van der Waals surface area contributed by atoms with Crippen LogP contribution in [-0.2, 0) is 20.5 Å². The minimum Gasteiger partial charge on any atom is -0.482 e. The molecule has 0 spiro atoms. The second kappa shape index (κ2) is 8.30. The van der Waals surface area contributed by atoms with Crippen molar-refractivity contribution in [3.8, 4) is 5.75 Å². The van der Waals surface area contributed by atoms with Crippen LogP contribution in [0, 0.1) is 10.1 Å². The van der Waals surface area contributed by atoms with Crippen LogP contribution in [0.25, 0.3) is 0 Å². The molecule has 0 aliphatic carbocycles. The number of hydrogen-bond donors (Lipinski definition) is 2. The van der Waals surface area contributed by atoms with Crippen molar-refractivity contribution in [1.82, 2.24) is 0 Å². The molecule has 3 rings (SSSR count). The molecule has 13 heteroatoms. The molecule has 0 aromatic heterocycles. The topological polar surface area (TPSA) is 137 Å². The Labute approximate surface area is 171 Å². The van der Waals surface area contributed by atoms with Crippen LogP contribution in [0.5, 0.6) is 5.75 Å². The summed E-state index contributed by atoms with van der Waals surface area (Å²) in [4.78, 5) is 45.3. The molecule has 0 fully saturated rings. The first-order valence-corrected chi connectivity index (χ1v) is 8.44. The molecule has 31 heavy (non-hydrogen) atoms. The van der Waals surface area contributed by atoms with Crippen LogP contribution in [0.4, 0.5) is 30.2 Å². The van der Waals surface area contributed by atoms with Crippen molar-refractivity contribution in [2.75, 3.05) is 23.8 Å². The lowest BCUT2D eigenvalue weighted by Crippen LogP contribution is -2.25. The van der Waals surface area contributed by atoms with E-state index in [0.717, 1.165) is 6.07 Å². The number of ether oxygens (including phenoxy) is 2. The molecular formula is C18H12F3N3O7. The van der Waals surface area contributed by atoms with Crippen LogP contribution in [0.2, 0.25) is 0 Å². The fourth-order valence-electron chi connectivity index (χ4n) is 2.57. The summed E-state index contributed by atoms with van der Waals surface area (Å²) in [5, 5.41) is 15.6. The number of nitrogens with zero attached hydrogens (tertiary/aromatic N) is 1. The lowest BCUT2D eigenvalue weighted by atomic mass is 10.1. The third-order valence-corrected chi connectivity index (χ3v) is 3.98. The van der Waals surface area contributed by atoms with Gasteiger partial charge in [0.05, 0.1) is 21.7 Å². The van der Waals surface area contributed by atoms with Crippen LogP contribution in [0.3, 0.4) is 0 Å². The summed E-state index contributed by atoms with van der Waals surface area (Å²) >= 11 is 0. The normalized spacial score (nSPS) is 12.8. The second-order valence-electron chi connectivity index (χ2n) is 6.16. The minimum absolute atomic E-state index is 0.00297. The summed E-state index contributed by atoms with van der Waals surface area (Å²) in [5.74, 6) is -2.08. The van der Waals surface area contributed by atoms with Gasteiger partial charge in [-0.05, 0) is 30.3 Å². The Balaban J connectivity index is 1.64. The van der Waals surface area contributed by atoms with Crippen molar-refractivity contribution in [2.45, 2.75) is 6.18 Å². The van der Waals surface area contributed by atoms with E-state index < -0.39 is 46.5 Å². The average molecular weight is 439 g/mol. The molecule has 1 aliphatic heterocycles. The van der Waals surface area contributed by atoms with Crippen molar-refractivity contribution < 1.29 is 42.0 Å². The zero-order valence-corrected chi connectivity index (χ0v) is 15.3. The van der Waals surface area contributed by atoms with Gasteiger partial charge >= 0.3 is 12.1 Å². The third kappa shape index (κ3) is 5.07. The average Bonchev–Trinajstić information content (AvgIpc) is 2.70. The van der Waals surface area contributed by atoms with Crippen LogP contribution >= 0.6 is 0 Å². The Bertz CT molecular complexity index is 1090. The summed E-state index contributed by atoms with van der Waals surface area (Å²) in [6, 6.07) is 5.59. The highest BCUT2D eigenvalue weighted by Gasteiger charge is 2.33. The summed E-state index contributed by atoms with van der Waals surface area (Å²) in [6.45, 7) is -1.09. The smallest absolute Gasteiger partial charge is 0.416 e. The van der Waals surface area contributed by atoms with Crippen LogP contribution in [0.15, 0.2) is 36.4 Å². The molecular weight excluding hydrogens is 427 g/mol. The van der Waals surface area contributed by atoms with Gasteiger partial charge in [0, 0.05) is 6.07 Å². The number of fused-ring (bicyclic) bond motifs is 1. The van der Waals surface area contributed by atoms with Gasteiger partial charge in [-0.2, -0.15) is 13.2 Å². The number of nitro groups is 1. The van der Waals surface area contributed by atoms with E-state index in [2.05, 4.69) is 5.32 Å². The van der Waals surface area contributed by atoms with Crippen LogP contribution < -0.4 is 15.4 Å². The maximum atomic E-state index is 12.7. The lowest BCUT2D eigenvalue weighted by Gasteiger charge is -2.18. The first kappa shape index (κ1) is 21.5. The molecule has 1 heterocycles. The molecule has 162 valence electrons. The summed E-state index contributed by atoms with van der Waals surface area (Å²) in [5.41, 5.74) is -2.36. The summed E-state index contributed by atoms with van der Waals surface area (Å²) in [7, 11) is 0. The number of amides is 2. The number of hydrogen-bond acceptors (Lipinski definition) is 7. The number of alkyl halides is 3. The van der Waals surface area contributed by atoms with Gasteiger partial charge in [-0.25, -0.2) is 4.79 Å². The van der Waals surface area contributed by atoms with Gasteiger partial charge in [0.15, 0.2) is 13.2 Å². The van der Waals surface area contributed by atoms with Gasteiger partial charge in [-0.15, -0.1) is 0 Å². The largest absolute Gasteiger partial charge is 0.482 e. The number of nitro benzene ring substituents is 1. The molecule has 1 aliphatic rings. The molecule has 0 unspecified atom stereocenters. The van der Waals surface area contributed by atoms with E-state index >= 15 is 0 Å². The molecule has 2 amide bonds. The van der Waals surface area contributed by atoms with Crippen molar-refractivity contribution in [3.63, 3.8) is 0 Å². The Morgan fingerprint density at radius 2 is 1.97 bits per heavy atom. The van der Waals surface area contributed by atoms with Crippen LogP contribution in [0.1, 0.15) is 15.9 Å². The minimum atomic E-state index is -4.80. The highest BCUT2D eigenvalue weighted by molar-refractivity contribution is 5.99. The number of esters is 1.